The fourth-order valence-corrected chi connectivity index (χ4v) is 4.67. The molecule has 3 amide bonds. The van der Waals surface area contributed by atoms with E-state index in [4.69, 9.17) is 11.6 Å². The highest BCUT2D eigenvalue weighted by atomic mass is 35.5. The van der Waals surface area contributed by atoms with Gasteiger partial charge in [-0.15, -0.1) is 0 Å². The number of benzene rings is 2. The number of fused-ring (bicyclic) bond motifs is 2. The van der Waals surface area contributed by atoms with Gasteiger partial charge < -0.3 is 4.90 Å². The Kier molecular flexibility index (Phi) is 5.29. The van der Waals surface area contributed by atoms with Crippen molar-refractivity contribution in [2.45, 2.75) is 26.8 Å². The zero-order valence-corrected chi connectivity index (χ0v) is 19.1. The largest absolute Gasteiger partial charge is 0.334 e. The molecule has 8 heteroatoms. The quantitative estimate of drug-likeness (QED) is 0.589. The van der Waals surface area contributed by atoms with Crippen molar-refractivity contribution >= 4 is 29.3 Å². The standard InChI is InChI=1S/C25H23ClN4O3/c1-14(2)12-30-24(32)18-7-6-16(11-19(18)25(30)33)23(31)29-9-8-21-20(13-29)22(28-27-21)15-4-3-5-17(26)10-15/h3-7,10-11,14H,8-9,12-13H2,1-2H3,(H,27,28). The topological polar surface area (TPSA) is 86.4 Å². The number of hydrogen-bond donors (Lipinski definition) is 1. The molecule has 2 aromatic carbocycles. The van der Waals surface area contributed by atoms with E-state index in [1.165, 1.54) is 4.90 Å². The molecule has 0 atom stereocenters. The summed E-state index contributed by atoms with van der Waals surface area (Å²) >= 11 is 6.15. The van der Waals surface area contributed by atoms with Gasteiger partial charge in [-0.25, -0.2) is 0 Å². The highest BCUT2D eigenvalue weighted by molar-refractivity contribution is 6.30. The SMILES string of the molecule is CC(C)CN1C(=O)c2ccc(C(=O)N3CCc4[nH]nc(-c5cccc(Cl)c5)c4C3)cc2C1=O. The van der Waals surface area contributed by atoms with E-state index in [9.17, 15) is 14.4 Å². The molecule has 3 aromatic rings. The first kappa shape index (κ1) is 21.4. The third-order valence-electron chi connectivity index (χ3n) is 6.08. The lowest BCUT2D eigenvalue weighted by Gasteiger charge is -2.27. The fraction of sp³-hybridized carbons (Fsp3) is 0.280. The Bertz CT molecular complexity index is 1300. The molecule has 0 saturated carbocycles. The minimum atomic E-state index is -0.336. The molecule has 0 unspecified atom stereocenters. The maximum Gasteiger partial charge on any atom is 0.261 e. The first-order chi connectivity index (χ1) is 15.8. The summed E-state index contributed by atoms with van der Waals surface area (Å²) in [6.07, 6.45) is 0.652. The molecule has 168 valence electrons. The number of hydrogen-bond acceptors (Lipinski definition) is 4. The summed E-state index contributed by atoms with van der Waals surface area (Å²) in [5.74, 6) is -0.643. The van der Waals surface area contributed by atoms with Crippen molar-refractivity contribution in [3.05, 3.63) is 75.4 Å². The zero-order chi connectivity index (χ0) is 23.3. The smallest absolute Gasteiger partial charge is 0.261 e. The number of aromatic nitrogens is 2. The minimum absolute atomic E-state index is 0.166. The summed E-state index contributed by atoms with van der Waals surface area (Å²) in [5.41, 5.74) is 4.70. The molecule has 0 fully saturated rings. The maximum absolute atomic E-state index is 13.3. The van der Waals surface area contributed by atoms with Crippen molar-refractivity contribution in [2.24, 2.45) is 5.92 Å². The van der Waals surface area contributed by atoms with Crippen LogP contribution in [0.25, 0.3) is 11.3 Å². The molecule has 1 aromatic heterocycles. The fourth-order valence-electron chi connectivity index (χ4n) is 4.48. The molecule has 0 bridgehead atoms. The summed E-state index contributed by atoms with van der Waals surface area (Å²) in [6.45, 7) is 5.20. The Morgan fingerprint density at radius 1 is 1.12 bits per heavy atom. The number of nitrogens with zero attached hydrogens (tertiary/aromatic N) is 3. The van der Waals surface area contributed by atoms with E-state index in [0.717, 1.165) is 22.5 Å². The third kappa shape index (κ3) is 3.72. The maximum atomic E-state index is 13.3. The molecule has 0 saturated heterocycles. The second kappa shape index (κ2) is 8.15. The summed E-state index contributed by atoms with van der Waals surface area (Å²) < 4.78 is 0. The van der Waals surface area contributed by atoms with Gasteiger partial charge in [0.2, 0.25) is 0 Å². The van der Waals surface area contributed by atoms with Gasteiger partial charge in [-0.05, 0) is 36.2 Å². The monoisotopic (exact) mass is 462 g/mol. The number of carbonyl (C=O) groups excluding carboxylic acids is 3. The lowest BCUT2D eigenvalue weighted by molar-refractivity contribution is 0.0635. The number of aromatic amines is 1. The molecule has 5 rings (SSSR count). The van der Waals surface area contributed by atoms with Crippen LogP contribution >= 0.6 is 11.6 Å². The van der Waals surface area contributed by atoms with Crippen molar-refractivity contribution < 1.29 is 14.4 Å². The van der Waals surface area contributed by atoms with Crippen LogP contribution in [-0.4, -0.2) is 50.8 Å². The minimum Gasteiger partial charge on any atom is -0.334 e. The number of nitrogens with one attached hydrogen (secondary N) is 1. The van der Waals surface area contributed by atoms with Crippen LogP contribution in [-0.2, 0) is 13.0 Å². The van der Waals surface area contributed by atoms with Crippen molar-refractivity contribution in [3.8, 4) is 11.3 Å². The molecule has 2 aliphatic heterocycles. The van der Waals surface area contributed by atoms with E-state index in [1.54, 1.807) is 23.1 Å². The molecular weight excluding hydrogens is 440 g/mol. The van der Waals surface area contributed by atoms with Crippen molar-refractivity contribution in [1.82, 2.24) is 20.0 Å². The first-order valence-electron chi connectivity index (χ1n) is 10.9. The lowest BCUT2D eigenvalue weighted by atomic mass is 9.99. The molecule has 2 aliphatic rings. The van der Waals surface area contributed by atoms with Gasteiger partial charge in [0.1, 0.15) is 0 Å². The van der Waals surface area contributed by atoms with Crippen LogP contribution in [0.1, 0.15) is 56.2 Å². The van der Waals surface area contributed by atoms with Crippen LogP contribution in [0.2, 0.25) is 5.02 Å². The van der Waals surface area contributed by atoms with Crippen LogP contribution in [0.3, 0.4) is 0 Å². The predicted octanol–water partition coefficient (Wildman–Crippen LogP) is 4.18. The van der Waals surface area contributed by atoms with Gasteiger partial charge in [-0.3, -0.25) is 24.4 Å². The predicted molar refractivity (Wildman–Crippen MR) is 124 cm³/mol. The number of H-pyrrole nitrogens is 1. The van der Waals surface area contributed by atoms with Crippen LogP contribution in [0, 0.1) is 5.92 Å². The number of halogens is 1. The van der Waals surface area contributed by atoms with E-state index in [2.05, 4.69) is 10.2 Å². The van der Waals surface area contributed by atoms with Crippen molar-refractivity contribution in [2.75, 3.05) is 13.1 Å². The van der Waals surface area contributed by atoms with Crippen molar-refractivity contribution in [3.63, 3.8) is 0 Å². The Morgan fingerprint density at radius 3 is 2.67 bits per heavy atom. The Balaban J connectivity index is 1.41. The van der Waals surface area contributed by atoms with Gasteiger partial charge in [0, 0.05) is 53.5 Å². The van der Waals surface area contributed by atoms with Crippen LogP contribution in [0.4, 0.5) is 0 Å². The highest BCUT2D eigenvalue weighted by Crippen LogP contribution is 2.31. The molecular formula is C25H23ClN4O3. The zero-order valence-electron chi connectivity index (χ0n) is 18.4. The number of imide groups is 1. The average molecular weight is 463 g/mol. The van der Waals surface area contributed by atoms with Crippen LogP contribution in [0.5, 0.6) is 0 Å². The first-order valence-corrected chi connectivity index (χ1v) is 11.3. The summed E-state index contributed by atoms with van der Waals surface area (Å²) in [6, 6.07) is 12.3. The summed E-state index contributed by atoms with van der Waals surface area (Å²) in [4.78, 5) is 41.8. The van der Waals surface area contributed by atoms with Gasteiger partial charge in [-0.1, -0.05) is 37.6 Å². The summed E-state index contributed by atoms with van der Waals surface area (Å²) in [7, 11) is 0. The average Bonchev–Trinajstić information content (AvgIpc) is 3.33. The number of amides is 3. The Labute approximate surface area is 196 Å². The van der Waals surface area contributed by atoms with E-state index >= 15 is 0 Å². The van der Waals surface area contributed by atoms with E-state index in [1.807, 2.05) is 38.1 Å². The summed E-state index contributed by atoms with van der Waals surface area (Å²) in [5, 5.41) is 8.18. The Hall–Kier alpha value is -3.45. The van der Waals surface area contributed by atoms with Gasteiger partial charge in [0.05, 0.1) is 16.8 Å². The molecule has 0 aliphatic carbocycles. The van der Waals surface area contributed by atoms with Crippen LogP contribution in [0.15, 0.2) is 42.5 Å². The lowest BCUT2D eigenvalue weighted by Crippen LogP contribution is -2.36. The van der Waals surface area contributed by atoms with Gasteiger partial charge in [-0.2, -0.15) is 5.10 Å². The molecule has 33 heavy (non-hydrogen) atoms. The van der Waals surface area contributed by atoms with Gasteiger partial charge >= 0.3 is 0 Å². The van der Waals surface area contributed by atoms with E-state index in [-0.39, 0.29) is 23.6 Å². The van der Waals surface area contributed by atoms with E-state index < -0.39 is 0 Å². The highest BCUT2D eigenvalue weighted by Gasteiger charge is 2.36. The van der Waals surface area contributed by atoms with E-state index in [0.29, 0.717) is 47.8 Å². The normalized spacial score (nSPS) is 15.3. The molecule has 3 heterocycles. The molecule has 0 radical (unpaired) electrons. The molecule has 0 spiro atoms. The second-order valence-corrected chi connectivity index (χ2v) is 9.33. The number of rotatable bonds is 4. The Morgan fingerprint density at radius 2 is 1.91 bits per heavy atom. The third-order valence-corrected chi connectivity index (χ3v) is 6.32. The second-order valence-electron chi connectivity index (χ2n) is 8.89. The number of carbonyl (C=O) groups is 3. The van der Waals surface area contributed by atoms with Crippen molar-refractivity contribution in [1.29, 1.82) is 0 Å². The molecule has 7 nitrogen and oxygen atoms in total. The van der Waals surface area contributed by atoms with Crippen LogP contribution < -0.4 is 0 Å². The van der Waals surface area contributed by atoms with Gasteiger partial charge in [0.15, 0.2) is 0 Å². The van der Waals surface area contributed by atoms with Gasteiger partial charge in [0.25, 0.3) is 17.7 Å². The molecule has 1 N–H and O–H groups in total.